The zero-order valence-electron chi connectivity index (χ0n) is 16.4. The van der Waals surface area contributed by atoms with Crippen LogP contribution in [0.3, 0.4) is 0 Å². The lowest BCUT2D eigenvalue weighted by Gasteiger charge is -2.31. The highest BCUT2D eigenvalue weighted by atomic mass is 19.1. The molecule has 1 amide bonds. The fourth-order valence-corrected chi connectivity index (χ4v) is 4.06. The van der Waals surface area contributed by atoms with Gasteiger partial charge >= 0.3 is 0 Å². The van der Waals surface area contributed by atoms with Crippen LogP contribution in [0, 0.1) is 23.0 Å². The molecular weight excluding hydrogens is 390 g/mol. The lowest BCUT2D eigenvalue weighted by atomic mass is 9.93. The largest absolute Gasteiger partial charge is 0.496 e. The van der Waals surface area contributed by atoms with Crippen molar-refractivity contribution >= 4 is 16.9 Å². The van der Waals surface area contributed by atoms with Gasteiger partial charge in [0.1, 0.15) is 29.5 Å². The zero-order chi connectivity index (χ0) is 21.3. The van der Waals surface area contributed by atoms with Crippen LogP contribution >= 0.6 is 0 Å². The van der Waals surface area contributed by atoms with Crippen molar-refractivity contribution in [2.24, 2.45) is 0 Å². The maximum atomic E-state index is 14.8. The maximum absolute atomic E-state index is 14.8. The van der Waals surface area contributed by atoms with Gasteiger partial charge in [0.05, 0.1) is 19.4 Å². The summed E-state index contributed by atoms with van der Waals surface area (Å²) in [6.07, 6.45) is 2.46. The Bertz CT molecular complexity index is 1140. The van der Waals surface area contributed by atoms with Gasteiger partial charge in [-0.1, -0.05) is 0 Å². The molecule has 0 spiro atoms. The predicted octanol–water partition coefficient (Wildman–Crippen LogP) is 4.14. The number of methoxy groups -OCH3 is 1. The van der Waals surface area contributed by atoms with Gasteiger partial charge in [0.15, 0.2) is 0 Å². The van der Waals surface area contributed by atoms with E-state index in [0.717, 1.165) is 24.7 Å². The highest BCUT2D eigenvalue weighted by Gasteiger charge is 2.26. The van der Waals surface area contributed by atoms with Crippen LogP contribution in [0.1, 0.15) is 30.9 Å². The van der Waals surface area contributed by atoms with Gasteiger partial charge in [-0.05, 0) is 37.1 Å². The highest BCUT2D eigenvalue weighted by molar-refractivity contribution is 5.95. The van der Waals surface area contributed by atoms with Crippen LogP contribution in [0.5, 0.6) is 5.75 Å². The van der Waals surface area contributed by atoms with Crippen molar-refractivity contribution in [1.29, 1.82) is 5.26 Å². The number of halogens is 2. The number of piperidine rings is 1. The summed E-state index contributed by atoms with van der Waals surface area (Å²) in [6, 6.07) is 7.73. The lowest BCUT2D eigenvalue weighted by molar-refractivity contribution is -0.131. The molecule has 1 fully saturated rings. The molecular formula is C22H20F2N4O2. The highest BCUT2D eigenvalue weighted by Crippen LogP contribution is 2.39. The monoisotopic (exact) mass is 410 g/mol. The van der Waals surface area contributed by atoms with E-state index in [1.165, 1.54) is 25.3 Å². The van der Waals surface area contributed by atoms with Gasteiger partial charge in [-0.15, -0.1) is 0 Å². The average Bonchev–Trinajstić information content (AvgIpc) is 3.18. The van der Waals surface area contributed by atoms with E-state index in [4.69, 9.17) is 10.00 Å². The minimum atomic E-state index is -0.561. The number of hydrogen-bond acceptors (Lipinski definition) is 4. The summed E-state index contributed by atoms with van der Waals surface area (Å²) in [5, 5.41) is 9.25. The normalized spacial score (nSPS) is 14.7. The van der Waals surface area contributed by atoms with Crippen molar-refractivity contribution < 1.29 is 18.3 Å². The molecule has 0 saturated carbocycles. The number of hydrogen-bond donors (Lipinski definition) is 1. The number of fused-ring (bicyclic) bond motifs is 1. The Morgan fingerprint density at radius 3 is 2.80 bits per heavy atom. The number of pyridine rings is 1. The first-order chi connectivity index (χ1) is 14.5. The molecule has 3 heterocycles. The van der Waals surface area contributed by atoms with Gasteiger partial charge in [0.2, 0.25) is 5.91 Å². The van der Waals surface area contributed by atoms with Crippen molar-refractivity contribution in [3.63, 3.8) is 0 Å². The molecule has 1 saturated heterocycles. The van der Waals surface area contributed by atoms with Crippen LogP contribution in [0.25, 0.3) is 22.2 Å². The number of H-pyrrole nitrogens is 1. The minimum absolute atomic E-state index is 0.112. The number of carbonyl (C=O) groups excluding carboxylic acids is 1. The SMILES string of the molecule is COc1ccc(F)cc1-c1c(F)cnc2[nH]c(C3CCN(C(=O)CC#N)CC3)cc12. The van der Waals surface area contributed by atoms with Gasteiger partial charge < -0.3 is 14.6 Å². The summed E-state index contributed by atoms with van der Waals surface area (Å²) >= 11 is 0. The van der Waals surface area contributed by atoms with Crippen LogP contribution < -0.4 is 4.74 Å². The summed E-state index contributed by atoms with van der Waals surface area (Å²) < 4.78 is 34.0. The molecule has 0 aliphatic carbocycles. The molecule has 0 radical (unpaired) electrons. The van der Waals surface area contributed by atoms with Crippen molar-refractivity contribution in [2.45, 2.75) is 25.2 Å². The van der Waals surface area contributed by atoms with Crippen molar-refractivity contribution in [2.75, 3.05) is 20.2 Å². The molecule has 154 valence electrons. The van der Waals surface area contributed by atoms with E-state index in [-0.39, 0.29) is 23.8 Å². The summed E-state index contributed by atoms with van der Waals surface area (Å²) in [6.45, 7) is 1.12. The van der Waals surface area contributed by atoms with Gasteiger partial charge in [0, 0.05) is 41.2 Å². The van der Waals surface area contributed by atoms with Crippen LogP contribution in [-0.4, -0.2) is 41.0 Å². The standard InChI is InChI=1S/C22H20F2N4O2/c1-30-19-3-2-14(23)10-15(19)21-16-11-18(27-22(16)26-12-17(21)24)13-5-8-28(9-6-13)20(29)4-7-25/h2-3,10-13H,4-6,8-9H2,1H3,(H,26,27). The third-order valence-electron chi connectivity index (χ3n) is 5.58. The average molecular weight is 410 g/mol. The molecule has 0 unspecified atom stereocenters. The fourth-order valence-electron chi connectivity index (χ4n) is 4.06. The molecule has 4 rings (SSSR count). The number of carbonyl (C=O) groups is 1. The van der Waals surface area contributed by atoms with Gasteiger partial charge in [-0.2, -0.15) is 5.26 Å². The predicted molar refractivity (Wildman–Crippen MR) is 107 cm³/mol. The summed E-state index contributed by atoms with van der Waals surface area (Å²) in [7, 11) is 1.46. The van der Waals surface area contributed by atoms with Crippen molar-refractivity contribution in [3.05, 3.63) is 47.8 Å². The van der Waals surface area contributed by atoms with Crippen molar-refractivity contribution in [1.82, 2.24) is 14.9 Å². The van der Waals surface area contributed by atoms with Crippen LogP contribution in [0.15, 0.2) is 30.5 Å². The summed E-state index contributed by atoms with van der Waals surface area (Å²) in [5.74, 6) is -0.684. The Hall–Kier alpha value is -3.47. The summed E-state index contributed by atoms with van der Waals surface area (Å²) in [4.78, 5) is 21.0. The molecule has 1 aromatic carbocycles. The quantitative estimate of drug-likeness (QED) is 0.701. The van der Waals surface area contributed by atoms with E-state index < -0.39 is 11.6 Å². The minimum Gasteiger partial charge on any atom is -0.496 e. The van der Waals surface area contributed by atoms with E-state index in [2.05, 4.69) is 9.97 Å². The Balaban J connectivity index is 1.68. The molecule has 1 aliphatic rings. The van der Waals surface area contributed by atoms with E-state index >= 15 is 0 Å². The number of nitrogens with one attached hydrogen (secondary N) is 1. The van der Waals surface area contributed by atoms with Gasteiger partial charge in [0.25, 0.3) is 0 Å². The number of amides is 1. The second-order valence-corrected chi connectivity index (χ2v) is 7.30. The lowest BCUT2D eigenvalue weighted by Crippen LogP contribution is -2.37. The van der Waals surface area contributed by atoms with E-state index in [1.807, 2.05) is 12.1 Å². The molecule has 2 aromatic heterocycles. The molecule has 30 heavy (non-hydrogen) atoms. The number of nitrogens with zero attached hydrogens (tertiary/aromatic N) is 3. The van der Waals surface area contributed by atoms with Crippen LogP contribution in [0.4, 0.5) is 8.78 Å². The number of aromatic nitrogens is 2. The van der Waals surface area contributed by atoms with Gasteiger partial charge in [-0.25, -0.2) is 13.8 Å². The molecule has 3 aromatic rings. The van der Waals surface area contributed by atoms with Gasteiger partial charge in [-0.3, -0.25) is 4.79 Å². The molecule has 0 atom stereocenters. The number of ether oxygens (including phenoxy) is 1. The number of nitriles is 1. The molecule has 6 nitrogen and oxygen atoms in total. The second-order valence-electron chi connectivity index (χ2n) is 7.30. The smallest absolute Gasteiger partial charge is 0.236 e. The first kappa shape index (κ1) is 19.8. The first-order valence-corrected chi connectivity index (χ1v) is 9.67. The first-order valence-electron chi connectivity index (χ1n) is 9.67. The number of aromatic amines is 1. The molecule has 1 N–H and O–H groups in total. The molecule has 8 heteroatoms. The van der Waals surface area contributed by atoms with E-state index in [9.17, 15) is 13.6 Å². The zero-order valence-corrected chi connectivity index (χ0v) is 16.4. The maximum Gasteiger partial charge on any atom is 0.236 e. The fraction of sp³-hybridized carbons (Fsp3) is 0.318. The van der Waals surface area contributed by atoms with Crippen LogP contribution in [-0.2, 0) is 4.79 Å². The van der Waals surface area contributed by atoms with E-state index in [0.29, 0.717) is 35.4 Å². The molecule has 0 bridgehead atoms. The molecule has 1 aliphatic heterocycles. The third-order valence-corrected chi connectivity index (χ3v) is 5.58. The number of benzene rings is 1. The second kappa shape index (κ2) is 8.11. The Morgan fingerprint density at radius 1 is 1.33 bits per heavy atom. The Morgan fingerprint density at radius 2 is 2.10 bits per heavy atom. The number of likely N-dealkylation sites (tertiary alicyclic amines) is 1. The van der Waals surface area contributed by atoms with Crippen LogP contribution in [0.2, 0.25) is 0 Å². The van der Waals surface area contributed by atoms with Crippen molar-refractivity contribution in [3.8, 4) is 22.9 Å². The third kappa shape index (κ3) is 3.59. The number of rotatable bonds is 4. The topological polar surface area (TPSA) is 82.0 Å². The Kier molecular flexibility index (Phi) is 5.36. The Labute approximate surface area is 172 Å². The van der Waals surface area contributed by atoms with E-state index in [1.54, 1.807) is 4.90 Å². The summed E-state index contributed by atoms with van der Waals surface area (Å²) in [5.41, 5.74) is 1.97.